The van der Waals surface area contributed by atoms with Crippen molar-refractivity contribution < 1.29 is 4.39 Å². The van der Waals surface area contributed by atoms with E-state index in [1.165, 1.54) is 6.07 Å². The Labute approximate surface area is 106 Å². The predicted octanol–water partition coefficient (Wildman–Crippen LogP) is 1.01. The first-order valence-electron chi connectivity index (χ1n) is 6.17. The summed E-state index contributed by atoms with van der Waals surface area (Å²) in [5.41, 5.74) is 0.672. The molecule has 18 heavy (non-hydrogen) atoms. The summed E-state index contributed by atoms with van der Waals surface area (Å²) in [4.78, 5) is 2.34. The minimum atomic E-state index is -0.468. The summed E-state index contributed by atoms with van der Waals surface area (Å²) in [6.07, 6.45) is 0. The van der Waals surface area contributed by atoms with Gasteiger partial charge in [0.2, 0.25) is 0 Å². The number of nitrogens with one attached hydrogen (secondary N) is 2. The van der Waals surface area contributed by atoms with Crippen LogP contribution < -0.4 is 10.6 Å². The van der Waals surface area contributed by atoms with Crippen molar-refractivity contribution >= 4 is 5.69 Å². The number of hydrogen-bond donors (Lipinski definition) is 2. The summed E-state index contributed by atoms with van der Waals surface area (Å²) in [7, 11) is 0. The van der Waals surface area contributed by atoms with Gasteiger partial charge >= 0.3 is 0 Å². The van der Waals surface area contributed by atoms with Crippen LogP contribution in [-0.4, -0.2) is 44.2 Å². The van der Waals surface area contributed by atoms with Crippen LogP contribution in [0.4, 0.5) is 10.1 Å². The van der Waals surface area contributed by atoms with Gasteiger partial charge in [0.15, 0.2) is 0 Å². The van der Waals surface area contributed by atoms with Gasteiger partial charge in [-0.15, -0.1) is 0 Å². The number of benzene rings is 1. The van der Waals surface area contributed by atoms with E-state index < -0.39 is 5.82 Å². The molecular weight excluding hydrogens is 231 g/mol. The largest absolute Gasteiger partial charge is 0.383 e. The number of halogens is 1. The van der Waals surface area contributed by atoms with Crippen LogP contribution in [0, 0.1) is 17.1 Å². The highest BCUT2D eigenvalue weighted by Gasteiger charge is 2.10. The molecule has 1 saturated heterocycles. The molecular formula is C13H17FN4. The van der Waals surface area contributed by atoms with Crippen molar-refractivity contribution in [3.05, 3.63) is 29.6 Å². The molecule has 0 radical (unpaired) electrons. The Morgan fingerprint density at radius 3 is 2.89 bits per heavy atom. The van der Waals surface area contributed by atoms with Crippen molar-refractivity contribution in [1.82, 2.24) is 10.2 Å². The summed E-state index contributed by atoms with van der Waals surface area (Å²) in [5, 5.41) is 15.3. The van der Waals surface area contributed by atoms with E-state index in [0.29, 0.717) is 5.69 Å². The second-order valence-corrected chi connectivity index (χ2v) is 4.29. The second kappa shape index (κ2) is 6.34. The van der Waals surface area contributed by atoms with E-state index in [4.69, 9.17) is 5.26 Å². The molecule has 0 bridgehead atoms. The quantitative estimate of drug-likeness (QED) is 0.835. The first-order chi connectivity index (χ1) is 8.81. The van der Waals surface area contributed by atoms with Crippen molar-refractivity contribution in [1.29, 1.82) is 5.26 Å². The fourth-order valence-electron chi connectivity index (χ4n) is 2.07. The van der Waals surface area contributed by atoms with Crippen LogP contribution in [0.2, 0.25) is 0 Å². The van der Waals surface area contributed by atoms with Gasteiger partial charge in [0, 0.05) is 39.3 Å². The van der Waals surface area contributed by atoms with Crippen LogP contribution in [0.15, 0.2) is 18.2 Å². The van der Waals surface area contributed by atoms with Gasteiger partial charge in [0.1, 0.15) is 17.4 Å². The number of rotatable bonds is 4. The normalized spacial score (nSPS) is 16.2. The highest BCUT2D eigenvalue weighted by atomic mass is 19.1. The zero-order valence-corrected chi connectivity index (χ0v) is 10.2. The third-order valence-electron chi connectivity index (χ3n) is 3.08. The third-order valence-corrected chi connectivity index (χ3v) is 3.08. The van der Waals surface area contributed by atoms with Crippen LogP contribution in [0.5, 0.6) is 0 Å². The molecule has 1 heterocycles. The Kier molecular flexibility index (Phi) is 4.51. The van der Waals surface area contributed by atoms with Gasteiger partial charge < -0.3 is 10.6 Å². The van der Waals surface area contributed by atoms with Gasteiger partial charge in [-0.1, -0.05) is 6.07 Å². The van der Waals surface area contributed by atoms with Crippen LogP contribution >= 0.6 is 0 Å². The smallest absolute Gasteiger partial charge is 0.143 e. The molecule has 0 saturated carbocycles. The zero-order valence-electron chi connectivity index (χ0n) is 10.2. The molecule has 0 aliphatic carbocycles. The minimum Gasteiger partial charge on any atom is -0.383 e. The molecule has 4 nitrogen and oxygen atoms in total. The maximum atomic E-state index is 13.4. The van der Waals surface area contributed by atoms with E-state index in [1.807, 2.05) is 6.07 Å². The van der Waals surface area contributed by atoms with Crippen molar-refractivity contribution in [2.75, 3.05) is 44.6 Å². The number of hydrogen-bond acceptors (Lipinski definition) is 4. The Bertz CT molecular complexity index is 435. The Balaban J connectivity index is 1.86. The van der Waals surface area contributed by atoms with Gasteiger partial charge in [-0.25, -0.2) is 4.39 Å². The molecule has 0 amide bonds. The molecule has 1 aliphatic heterocycles. The fraction of sp³-hybridized carbons (Fsp3) is 0.462. The highest BCUT2D eigenvalue weighted by Crippen LogP contribution is 2.17. The first-order valence-corrected chi connectivity index (χ1v) is 6.17. The standard InChI is InChI=1S/C13H17FN4/c14-12-2-1-3-13(11(12)10-15)17-6-9-18-7-4-16-5-8-18/h1-3,16-17H,4-9H2. The van der Waals surface area contributed by atoms with Gasteiger partial charge in [-0.05, 0) is 12.1 Å². The highest BCUT2D eigenvalue weighted by molar-refractivity contribution is 5.57. The number of nitrogens with zero attached hydrogens (tertiary/aromatic N) is 2. The molecule has 1 aliphatic rings. The molecule has 0 aromatic heterocycles. The molecule has 1 fully saturated rings. The summed E-state index contributed by atoms with van der Waals surface area (Å²) < 4.78 is 13.4. The van der Waals surface area contributed by atoms with Crippen molar-refractivity contribution in [2.45, 2.75) is 0 Å². The first kappa shape index (κ1) is 12.8. The average molecular weight is 248 g/mol. The van der Waals surface area contributed by atoms with Crippen molar-refractivity contribution in [3.8, 4) is 6.07 Å². The van der Waals surface area contributed by atoms with E-state index >= 15 is 0 Å². The number of anilines is 1. The van der Waals surface area contributed by atoms with Crippen LogP contribution in [-0.2, 0) is 0 Å². The number of nitriles is 1. The summed E-state index contributed by atoms with van der Waals surface area (Å²) in [5.74, 6) is -0.468. The lowest BCUT2D eigenvalue weighted by molar-refractivity contribution is 0.249. The monoisotopic (exact) mass is 248 g/mol. The maximum Gasteiger partial charge on any atom is 0.143 e. The predicted molar refractivity (Wildman–Crippen MR) is 68.9 cm³/mol. The van der Waals surface area contributed by atoms with Gasteiger partial charge in [-0.2, -0.15) is 5.26 Å². The van der Waals surface area contributed by atoms with Crippen molar-refractivity contribution in [3.63, 3.8) is 0 Å². The second-order valence-electron chi connectivity index (χ2n) is 4.29. The Morgan fingerprint density at radius 2 is 2.17 bits per heavy atom. The van der Waals surface area contributed by atoms with Gasteiger partial charge in [0.05, 0.1) is 5.69 Å². The molecule has 0 unspecified atom stereocenters. The lowest BCUT2D eigenvalue weighted by Crippen LogP contribution is -2.45. The minimum absolute atomic E-state index is 0.0952. The molecule has 0 spiro atoms. The third kappa shape index (κ3) is 3.19. The van der Waals surface area contributed by atoms with E-state index in [0.717, 1.165) is 39.3 Å². The maximum absolute atomic E-state index is 13.4. The lowest BCUT2D eigenvalue weighted by atomic mass is 10.2. The summed E-state index contributed by atoms with van der Waals surface area (Å²) >= 11 is 0. The molecule has 1 aromatic rings. The molecule has 2 rings (SSSR count). The van der Waals surface area contributed by atoms with Crippen LogP contribution in [0.3, 0.4) is 0 Å². The summed E-state index contributed by atoms with van der Waals surface area (Å²) in [6, 6.07) is 6.55. The zero-order chi connectivity index (χ0) is 12.8. The van der Waals surface area contributed by atoms with Gasteiger partial charge in [0.25, 0.3) is 0 Å². The topological polar surface area (TPSA) is 51.1 Å². The van der Waals surface area contributed by atoms with Crippen LogP contribution in [0.1, 0.15) is 5.56 Å². The molecule has 0 atom stereocenters. The average Bonchev–Trinajstić information content (AvgIpc) is 2.40. The Morgan fingerprint density at radius 1 is 1.39 bits per heavy atom. The Hall–Kier alpha value is -1.64. The molecule has 1 aromatic carbocycles. The molecule has 96 valence electrons. The van der Waals surface area contributed by atoms with Crippen LogP contribution in [0.25, 0.3) is 0 Å². The van der Waals surface area contributed by atoms with Gasteiger partial charge in [-0.3, -0.25) is 4.90 Å². The number of piperazine rings is 1. The van der Waals surface area contributed by atoms with E-state index in [1.54, 1.807) is 12.1 Å². The van der Waals surface area contributed by atoms with E-state index in [9.17, 15) is 4.39 Å². The summed E-state index contributed by atoms with van der Waals surface area (Å²) in [6.45, 7) is 5.74. The van der Waals surface area contributed by atoms with E-state index in [-0.39, 0.29) is 5.56 Å². The molecule has 5 heteroatoms. The lowest BCUT2D eigenvalue weighted by Gasteiger charge is -2.27. The molecule has 2 N–H and O–H groups in total. The fourth-order valence-corrected chi connectivity index (χ4v) is 2.07. The SMILES string of the molecule is N#Cc1c(F)cccc1NCCN1CCNCC1. The van der Waals surface area contributed by atoms with E-state index in [2.05, 4.69) is 15.5 Å². The van der Waals surface area contributed by atoms with Crippen molar-refractivity contribution in [2.24, 2.45) is 0 Å².